The monoisotopic (exact) mass is 297 g/mol. The third kappa shape index (κ3) is 4.71. The van der Waals surface area contributed by atoms with Gasteiger partial charge in [-0.25, -0.2) is 0 Å². The maximum absolute atomic E-state index is 10.6. The number of hydrogen-bond donors (Lipinski definition) is 2. The molecule has 0 heterocycles. The number of aromatic hydroxyl groups is 1. The van der Waals surface area contributed by atoms with Crippen molar-refractivity contribution >= 4 is 6.29 Å². The van der Waals surface area contributed by atoms with Gasteiger partial charge in [0, 0.05) is 11.6 Å². The van der Waals surface area contributed by atoms with Gasteiger partial charge in [-0.2, -0.15) is 0 Å². The largest absolute Gasteiger partial charge is 0.508 e. The van der Waals surface area contributed by atoms with Crippen molar-refractivity contribution in [3.63, 3.8) is 0 Å². The summed E-state index contributed by atoms with van der Waals surface area (Å²) in [5, 5.41) is 13.0. The first kappa shape index (κ1) is 16.2. The lowest BCUT2D eigenvalue weighted by Crippen LogP contribution is -2.30. The molecule has 0 aliphatic carbocycles. The van der Waals surface area contributed by atoms with Gasteiger partial charge in [0.15, 0.2) is 0 Å². The number of carbonyl (C=O) groups excluding carboxylic acids is 1. The topological polar surface area (TPSA) is 49.3 Å². The molecule has 3 nitrogen and oxygen atoms in total. The number of aryl methyl sites for hydroxylation is 1. The van der Waals surface area contributed by atoms with Gasteiger partial charge in [-0.3, -0.25) is 4.79 Å². The Bertz CT molecular complexity index is 620. The van der Waals surface area contributed by atoms with Crippen molar-refractivity contribution in [2.24, 2.45) is 0 Å². The lowest BCUT2D eigenvalue weighted by molar-refractivity contribution is 0.112. The van der Waals surface area contributed by atoms with Gasteiger partial charge in [0.05, 0.1) is 0 Å². The summed E-state index contributed by atoms with van der Waals surface area (Å²) in [4.78, 5) is 10.6. The summed E-state index contributed by atoms with van der Waals surface area (Å²) >= 11 is 0. The third-order valence-corrected chi connectivity index (χ3v) is 3.83. The Morgan fingerprint density at radius 2 is 1.82 bits per heavy atom. The van der Waals surface area contributed by atoms with Gasteiger partial charge >= 0.3 is 0 Å². The number of phenols is 1. The molecule has 116 valence electrons. The summed E-state index contributed by atoms with van der Waals surface area (Å²) in [6.07, 6.45) is 2.74. The van der Waals surface area contributed by atoms with Crippen LogP contribution in [0.1, 0.15) is 34.0 Å². The number of carbonyl (C=O) groups is 1. The van der Waals surface area contributed by atoms with E-state index in [9.17, 15) is 9.90 Å². The van der Waals surface area contributed by atoms with Crippen LogP contribution >= 0.6 is 0 Å². The Balaban J connectivity index is 1.78. The van der Waals surface area contributed by atoms with E-state index in [1.54, 1.807) is 6.07 Å². The zero-order chi connectivity index (χ0) is 15.9. The minimum absolute atomic E-state index is 0.351. The van der Waals surface area contributed by atoms with E-state index >= 15 is 0 Å². The van der Waals surface area contributed by atoms with Crippen molar-refractivity contribution in [2.75, 3.05) is 6.54 Å². The van der Waals surface area contributed by atoms with Gasteiger partial charge in [-0.15, -0.1) is 0 Å². The minimum Gasteiger partial charge on any atom is -0.508 e. The highest BCUT2D eigenvalue weighted by Crippen LogP contribution is 2.17. The summed E-state index contributed by atoms with van der Waals surface area (Å²) in [5.41, 5.74) is 4.09. The van der Waals surface area contributed by atoms with Crippen molar-refractivity contribution in [1.29, 1.82) is 0 Å². The van der Waals surface area contributed by atoms with Crippen LogP contribution in [0.25, 0.3) is 0 Å². The van der Waals surface area contributed by atoms with Crippen LogP contribution in [-0.4, -0.2) is 24.0 Å². The quantitative estimate of drug-likeness (QED) is 0.771. The Kier molecular flexibility index (Phi) is 5.73. The molecule has 0 bridgehead atoms. The van der Waals surface area contributed by atoms with E-state index in [2.05, 4.69) is 12.2 Å². The maximum atomic E-state index is 10.6. The second-order valence-electron chi connectivity index (χ2n) is 5.79. The number of nitrogens with one attached hydrogen (secondary N) is 1. The van der Waals surface area contributed by atoms with Crippen molar-refractivity contribution in [3.8, 4) is 5.75 Å². The number of benzene rings is 2. The van der Waals surface area contributed by atoms with Gasteiger partial charge in [0.25, 0.3) is 0 Å². The van der Waals surface area contributed by atoms with Gasteiger partial charge in [0.2, 0.25) is 0 Å². The molecule has 3 heteroatoms. The maximum Gasteiger partial charge on any atom is 0.150 e. The highest BCUT2D eigenvalue weighted by atomic mass is 16.3. The average molecular weight is 297 g/mol. The molecule has 1 atom stereocenters. The van der Waals surface area contributed by atoms with Crippen molar-refractivity contribution in [2.45, 2.75) is 32.7 Å². The zero-order valence-electron chi connectivity index (χ0n) is 13.2. The Labute approximate surface area is 132 Å². The fourth-order valence-electron chi connectivity index (χ4n) is 2.49. The van der Waals surface area contributed by atoms with Crippen LogP contribution < -0.4 is 5.32 Å². The van der Waals surface area contributed by atoms with E-state index in [0.29, 0.717) is 17.4 Å². The second kappa shape index (κ2) is 7.76. The lowest BCUT2D eigenvalue weighted by atomic mass is 10.0. The van der Waals surface area contributed by atoms with Crippen molar-refractivity contribution < 1.29 is 9.90 Å². The second-order valence-corrected chi connectivity index (χ2v) is 5.79. The Morgan fingerprint density at radius 3 is 2.45 bits per heavy atom. The highest BCUT2D eigenvalue weighted by Gasteiger charge is 2.04. The third-order valence-electron chi connectivity index (χ3n) is 3.83. The van der Waals surface area contributed by atoms with E-state index in [-0.39, 0.29) is 0 Å². The van der Waals surface area contributed by atoms with Crippen LogP contribution in [0.4, 0.5) is 0 Å². The van der Waals surface area contributed by atoms with Crippen LogP contribution in [0.15, 0.2) is 42.5 Å². The molecule has 0 saturated carbocycles. The molecular weight excluding hydrogens is 274 g/mol. The molecule has 0 fully saturated rings. The standard InChI is InChI=1S/C19H23NO2/c1-14-11-17(7-8-19(14)22)9-10-20-15(2)12-16-3-5-18(13-21)6-4-16/h3-8,11,13,15,20,22H,9-10,12H2,1-2H3/t15-/m1/s1. The molecule has 2 aromatic rings. The summed E-state index contributed by atoms with van der Waals surface area (Å²) in [6, 6.07) is 13.8. The van der Waals surface area contributed by atoms with Crippen LogP contribution in [0.5, 0.6) is 5.75 Å². The van der Waals surface area contributed by atoms with Crippen LogP contribution in [0.3, 0.4) is 0 Å². The molecule has 2 aromatic carbocycles. The SMILES string of the molecule is Cc1cc(CCN[C@H](C)Cc2ccc(C=O)cc2)ccc1O. The molecule has 0 aliphatic rings. The van der Waals surface area contributed by atoms with E-state index in [0.717, 1.165) is 31.2 Å². The first-order valence-corrected chi connectivity index (χ1v) is 7.64. The number of phenolic OH excluding ortho intramolecular Hbond substituents is 1. The van der Waals surface area contributed by atoms with E-state index in [1.165, 1.54) is 11.1 Å². The molecule has 2 rings (SSSR count). The molecule has 0 saturated heterocycles. The van der Waals surface area contributed by atoms with Gasteiger partial charge in [-0.05, 0) is 56.0 Å². The molecular formula is C19H23NO2. The molecule has 0 amide bonds. The van der Waals surface area contributed by atoms with Gasteiger partial charge in [-0.1, -0.05) is 36.4 Å². The molecule has 0 unspecified atom stereocenters. The summed E-state index contributed by atoms with van der Waals surface area (Å²) < 4.78 is 0. The smallest absolute Gasteiger partial charge is 0.150 e. The predicted molar refractivity (Wildman–Crippen MR) is 89.5 cm³/mol. The van der Waals surface area contributed by atoms with E-state index < -0.39 is 0 Å². The molecule has 0 radical (unpaired) electrons. The van der Waals surface area contributed by atoms with Crippen molar-refractivity contribution in [1.82, 2.24) is 5.32 Å². The minimum atomic E-state index is 0.351. The van der Waals surface area contributed by atoms with E-state index in [1.807, 2.05) is 43.3 Å². The first-order valence-electron chi connectivity index (χ1n) is 7.64. The highest BCUT2D eigenvalue weighted by molar-refractivity contribution is 5.74. The molecule has 0 aromatic heterocycles. The summed E-state index contributed by atoms with van der Waals surface area (Å²) in [6.45, 7) is 4.98. The van der Waals surface area contributed by atoms with Gasteiger partial charge in [0.1, 0.15) is 12.0 Å². The van der Waals surface area contributed by atoms with Crippen molar-refractivity contribution in [3.05, 3.63) is 64.7 Å². The van der Waals surface area contributed by atoms with Crippen LogP contribution in [0, 0.1) is 6.92 Å². The fraction of sp³-hybridized carbons (Fsp3) is 0.316. The van der Waals surface area contributed by atoms with Crippen LogP contribution in [-0.2, 0) is 12.8 Å². The fourth-order valence-corrected chi connectivity index (χ4v) is 2.49. The molecule has 2 N–H and O–H groups in total. The average Bonchev–Trinajstić information content (AvgIpc) is 2.51. The summed E-state index contributed by atoms with van der Waals surface area (Å²) in [7, 11) is 0. The Hall–Kier alpha value is -2.13. The molecule has 22 heavy (non-hydrogen) atoms. The predicted octanol–water partition coefficient (Wildman–Crippen LogP) is 3.28. The normalized spacial score (nSPS) is 12.1. The number of hydrogen-bond acceptors (Lipinski definition) is 3. The van der Waals surface area contributed by atoms with E-state index in [4.69, 9.17) is 0 Å². The van der Waals surface area contributed by atoms with Crippen LogP contribution in [0.2, 0.25) is 0 Å². The number of rotatable bonds is 7. The zero-order valence-corrected chi connectivity index (χ0v) is 13.2. The summed E-state index contributed by atoms with van der Waals surface area (Å²) in [5.74, 6) is 0.351. The molecule has 0 spiro atoms. The van der Waals surface area contributed by atoms with Gasteiger partial charge < -0.3 is 10.4 Å². The first-order chi connectivity index (χ1) is 10.6. The number of aldehydes is 1. The lowest BCUT2D eigenvalue weighted by Gasteiger charge is -2.14. The Morgan fingerprint density at radius 1 is 1.14 bits per heavy atom. The molecule has 0 aliphatic heterocycles.